The molecule has 0 aliphatic carbocycles. The topological polar surface area (TPSA) is 91.0 Å². The van der Waals surface area contributed by atoms with Crippen molar-refractivity contribution in [2.75, 3.05) is 0 Å². The van der Waals surface area contributed by atoms with E-state index in [2.05, 4.69) is 65.6 Å². The Hall–Kier alpha value is -7.90. The molecule has 5 aromatic heterocycles. The Morgan fingerprint density at radius 3 is 1.74 bits per heavy atom. The second-order valence-electron chi connectivity index (χ2n) is 14.1. The molecule has 12 aromatic rings. The molecule has 0 bridgehead atoms. The molecule has 0 atom stereocenters. The Bertz CT molecular complexity index is 3540. The second kappa shape index (κ2) is 12.3. The molecule has 0 aliphatic rings. The molecule has 0 saturated heterocycles. The van der Waals surface area contributed by atoms with Crippen LogP contribution in [0.4, 0.5) is 0 Å². The van der Waals surface area contributed by atoms with Crippen molar-refractivity contribution in [2.45, 2.75) is 0 Å². The monoisotopic (exact) mass is 732 g/mol. The number of pyridine rings is 1. The summed E-state index contributed by atoms with van der Waals surface area (Å²) >= 11 is 0. The second-order valence-corrected chi connectivity index (χ2v) is 14.1. The van der Waals surface area contributed by atoms with Crippen LogP contribution in [0.25, 0.3) is 122 Å². The molecule has 7 heteroatoms. The predicted octanol–water partition coefficient (Wildman–Crippen LogP) is 13.3. The fourth-order valence-electron chi connectivity index (χ4n) is 8.25. The largest absolute Gasteiger partial charge is 0.456 e. The van der Waals surface area contributed by atoms with Crippen LogP contribution in [0.2, 0.25) is 0 Å². The van der Waals surface area contributed by atoms with Crippen LogP contribution in [-0.2, 0) is 0 Å². The van der Waals surface area contributed by atoms with Gasteiger partial charge in [-0.25, -0.2) is 15.0 Å². The molecule has 0 fully saturated rings. The van der Waals surface area contributed by atoms with Crippen molar-refractivity contribution in [1.29, 1.82) is 0 Å². The number of hydrogen-bond donors (Lipinski definition) is 0. The lowest BCUT2D eigenvalue weighted by Crippen LogP contribution is -2.01. The molecule has 5 heterocycles. The van der Waals surface area contributed by atoms with Gasteiger partial charge in [0, 0.05) is 67.0 Å². The van der Waals surface area contributed by atoms with Crippen molar-refractivity contribution in [3.05, 3.63) is 170 Å². The molecule has 0 unspecified atom stereocenters. The van der Waals surface area contributed by atoms with Gasteiger partial charge in [-0.05, 0) is 53.6 Å². The number of aromatic nitrogens is 4. The Morgan fingerprint density at radius 1 is 0.333 bits per heavy atom. The van der Waals surface area contributed by atoms with Gasteiger partial charge in [0.2, 0.25) is 0 Å². The van der Waals surface area contributed by atoms with Crippen LogP contribution in [0.15, 0.2) is 183 Å². The number of rotatable bonds is 5. The highest BCUT2D eigenvalue weighted by molar-refractivity contribution is 6.19. The van der Waals surface area contributed by atoms with Gasteiger partial charge in [-0.15, -0.1) is 0 Å². The minimum Gasteiger partial charge on any atom is -0.456 e. The number of para-hydroxylation sites is 4. The summed E-state index contributed by atoms with van der Waals surface area (Å²) in [6, 6.07) is 53.1. The Balaban J connectivity index is 1.12. The summed E-state index contributed by atoms with van der Waals surface area (Å²) < 4.78 is 19.7. The summed E-state index contributed by atoms with van der Waals surface area (Å²) in [5.41, 5.74) is 11.0. The minimum atomic E-state index is 0.484. The van der Waals surface area contributed by atoms with Gasteiger partial charge < -0.3 is 13.3 Å². The highest BCUT2D eigenvalue weighted by Gasteiger charge is 2.23. The van der Waals surface area contributed by atoms with E-state index in [0.717, 1.165) is 99.2 Å². The highest BCUT2D eigenvalue weighted by atomic mass is 16.3. The van der Waals surface area contributed by atoms with Crippen molar-refractivity contribution in [2.24, 2.45) is 0 Å². The number of fused-ring (bicyclic) bond motifs is 9. The number of furan rings is 3. The Morgan fingerprint density at radius 2 is 0.930 bits per heavy atom. The summed E-state index contributed by atoms with van der Waals surface area (Å²) in [6.07, 6.45) is 3.63. The lowest BCUT2D eigenvalue weighted by molar-refractivity contribution is 0.668. The number of hydrogen-bond acceptors (Lipinski definition) is 7. The Kier molecular flexibility index (Phi) is 6.79. The lowest BCUT2D eigenvalue weighted by atomic mass is 9.95. The van der Waals surface area contributed by atoms with Crippen molar-refractivity contribution < 1.29 is 13.3 Å². The van der Waals surface area contributed by atoms with Crippen molar-refractivity contribution in [3.63, 3.8) is 0 Å². The van der Waals surface area contributed by atoms with E-state index in [1.807, 2.05) is 103 Å². The number of benzene rings is 7. The summed E-state index contributed by atoms with van der Waals surface area (Å²) in [6.45, 7) is 0. The highest BCUT2D eigenvalue weighted by Crippen LogP contribution is 2.45. The molecule has 0 amide bonds. The average molecular weight is 733 g/mol. The standard InChI is InChI=1S/C50H28N4O3/c1-2-15-38(31(12-1)30-11-10-26-51-28-30)49-52-48(29-22-23-34-32-13-3-6-19-41(32)55-44(34)27-29)53-50(54-49)40-25-24-35(45-39-16-5-8-21-43(39)57-47(40)45)37-18-9-17-36-33-14-4-7-20-42(33)56-46(36)37/h1-28H. The van der Waals surface area contributed by atoms with Crippen molar-refractivity contribution >= 4 is 65.8 Å². The van der Waals surface area contributed by atoms with Crippen molar-refractivity contribution in [3.8, 4) is 56.4 Å². The molecule has 0 N–H and O–H groups in total. The molecule has 57 heavy (non-hydrogen) atoms. The quantitative estimate of drug-likeness (QED) is 0.174. The maximum Gasteiger partial charge on any atom is 0.167 e. The molecule has 0 radical (unpaired) electrons. The first-order chi connectivity index (χ1) is 28.2. The first-order valence-corrected chi connectivity index (χ1v) is 18.8. The SMILES string of the molecule is c1cncc(-c2ccccc2-c2nc(-c3ccc4c(c3)oc3ccccc34)nc(-c3ccc(-c4cccc5c4oc4ccccc45)c4c3oc3ccccc34)n2)c1. The molecule has 0 aliphatic heterocycles. The maximum atomic E-state index is 6.79. The predicted molar refractivity (Wildman–Crippen MR) is 227 cm³/mol. The van der Waals surface area contributed by atoms with E-state index in [1.165, 1.54) is 0 Å². The van der Waals surface area contributed by atoms with Gasteiger partial charge in [-0.2, -0.15) is 0 Å². The summed E-state index contributed by atoms with van der Waals surface area (Å²) in [4.78, 5) is 20.0. The zero-order valence-electron chi connectivity index (χ0n) is 30.2. The molecule has 7 nitrogen and oxygen atoms in total. The van der Waals surface area contributed by atoms with E-state index in [4.69, 9.17) is 28.2 Å². The third kappa shape index (κ3) is 4.92. The maximum absolute atomic E-state index is 6.79. The van der Waals surface area contributed by atoms with Crippen LogP contribution in [0.5, 0.6) is 0 Å². The molecule has 266 valence electrons. The van der Waals surface area contributed by atoms with E-state index in [-0.39, 0.29) is 0 Å². The minimum absolute atomic E-state index is 0.484. The van der Waals surface area contributed by atoms with Crippen LogP contribution in [-0.4, -0.2) is 19.9 Å². The normalized spacial score (nSPS) is 11.9. The van der Waals surface area contributed by atoms with Gasteiger partial charge in [0.15, 0.2) is 17.5 Å². The fraction of sp³-hybridized carbons (Fsp3) is 0. The van der Waals surface area contributed by atoms with Gasteiger partial charge in [0.25, 0.3) is 0 Å². The number of nitrogens with zero attached hydrogens (tertiary/aromatic N) is 4. The third-order valence-electron chi connectivity index (χ3n) is 10.9. The molecular formula is C50H28N4O3. The summed E-state index contributed by atoms with van der Waals surface area (Å²) in [5.74, 6) is 1.52. The van der Waals surface area contributed by atoms with Crippen LogP contribution >= 0.6 is 0 Å². The van der Waals surface area contributed by atoms with Gasteiger partial charge in [-0.1, -0.05) is 115 Å². The van der Waals surface area contributed by atoms with Crippen LogP contribution < -0.4 is 0 Å². The first-order valence-electron chi connectivity index (χ1n) is 18.8. The smallest absolute Gasteiger partial charge is 0.167 e. The molecule has 12 rings (SSSR count). The van der Waals surface area contributed by atoms with Crippen LogP contribution in [0, 0.1) is 0 Å². The van der Waals surface area contributed by atoms with Crippen LogP contribution in [0.1, 0.15) is 0 Å². The van der Waals surface area contributed by atoms with Crippen LogP contribution in [0.3, 0.4) is 0 Å². The summed E-state index contributed by atoms with van der Waals surface area (Å²) in [7, 11) is 0. The zero-order valence-corrected chi connectivity index (χ0v) is 30.2. The fourth-order valence-corrected chi connectivity index (χ4v) is 8.25. The van der Waals surface area contributed by atoms with Gasteiger partial charge in [-0.3, -0.25) is 4.98 Å². The lowest BCUT2D eigenvalue weighted by Gasteiger charge is -2.13. The zero-order chi connectivity index (χ0) is 37.5. The van der Waals surface area contributed by atoms with E-state index in [1.54, 1.807) is 6.20 Å². The van der Waals surface area contributed by atoms with E-state index in [0.29, 0.717) is 23.1 Å². The molecule has 0 saturated carbocycles. The molecule has 7 aromatic carbocycles. The third-order valence-corrected chi connectivity index (χ3v) is 10.9. The van der Waals surface area contributed by atoms with Gasteiger partial charge in [0.1, 0.15) is 33.5 Å². The van der Waals surface area contributed by atoms with E-state index < -0.39 is 0 Å². The van der Waals surface area contributed by atoms with Crippen molar-refractivity contribution in [1.82, 2.24) is 19.9 Å². The van der Waals surface area contributed by atoms with E-state index in [9.17, 15) is 0 Å². The molecule has 0 spiro atoms. The van der Waals surface area contributed by atoms with Gasteiger partial charge >= 0.3 is 0 Å². The Labute approximate surface area is 324 Å². The first kappa shape index (κ1) is 31.5. The average Bonchev–Trinajstić information content (AvgIpc) is 3.98. The molecular weight excluding hydrogens is 705 g/mol. The van der Waals surface area contributed by atoms with E-state index >= 15 is 0 Å². The van der Waals surface area contributed by atoms with Gasteiger partial charge in [0.05, 0.1) is 5.56 Å². The summed E-state index contributed by atoms with van der Waals surface area (Å²) in [5, 5.41) is 6.19.